The van der Waals surface area contributed by atoms with Crippen LogP contribution in [0.15, 0.2) is 67.1 Å². The van der Waals surface area contributed by atoms with Crippen LogP contribution in [0.25, 0.3) is 5.82 Å². The van der Waals surface area contributed by atoms with Crippen molar-refractivity contribution in [3.8, 4) is 5.82 Å². The Morgan fingerprint density at radius 1 is 0.952 bits per heavy atom. The molecule has 0 aliphatic heterocycles. The van der Waals surface area contributed by atoms with Gasteiger partial charge in [-0.05, 0) is 24.3 Å². The zero-order valence-corrected chi connectivity index (χ0v) is 15.5. The third kappa shape index (κ3) is 3.43. The molecule has 100 valence electrons. The van der Waals surface area contributed by atoms with E-state index in [4.69, 9.17) is 0 Å². The molecule has 3 rings (SSSR count). The molecule has 5 nitrogen and oxygen atoms in total. The predicted molar refractivity (Wildman–Crippen MR) is 76.9 cm³/mol. The molecule has 2 heterocycles. The Kier molecular flexibility index (Phi) is 5.68. The number of aromatic nitrogens is 3. The summed E-state index contributed by atoms with van der Waals surface area (Å²) < 4.78 is 14.3. The summed E-state index contributed by atoms with van der Waals surface area (Å²) in [6.07, 6.45) is 4.75. The maximum absolute atomic E-state index is 12.7. The molecule has 1 atom stereocenters. The van der Waals surface area contributed by atoms with Gasteiger partial charge in [-0.2, -0.15) is 0 Å². The number of rotatable bonds is 3. The maximum Gasteiger partial charge on any atom is 1.00 e. The van der Waals surface area contributed by atoms with E-state index < -0.39 is 7.37 Å². The average Bonchev–Trinajstić information content (AvgIpc) is 2.99. The van der Waals surface area contributed by atoms with Gasteiger partial charge in [-0.1, -0.05) is 24.3 Å². The number of hydrogen-bond donors (Lipinski definition) is 1. The number of benzene rings is 1. The summed E-state index contributed by atoms with van der Waals surface area (Å²) in [4.78, 5) is 18.7. The van der Waals surface area contributed by atoms with Crippen molar-refractivity contribution in [1.29, 1.82) is 0 Å². The smallest absolute Gasteiger partial charge is 0.336 e. The Balaban J connectivity index is 0.00000161. The zero-order chi connectivity index (χ0) is 14.0. The first-order valence-corrected chi connectivity index (χ1v) is 7.69. The van der Waals surface area contributed by atoms with Crippen molar-refractivity contribution in [2.75, 3.05) is 0 Å². The minimum absolute atomic E-state index is 0. The first kappa shape index (κ1) is 16.8. The van der Waals surface area contributed by atoms with Gasteiger partial charge in [-0.25, -0.2) is 9.97 Å². The van der Waals surface area contributed by atoms with Gasteiger partial charge in [0.05, 0.1) is 0 Å². The molecule has 2 aromatic heterocycles. The van der Waals surface area contributed by atoms with Crippen molar-refractivity contribution >= 4 is 18.2 Å². The Morgan fingerprint density at radius 3 is 2.33 bits per heavy atom. The molecule has 0 saturated carbocycles. The van der Waals surface area contributed by atoms with E-state index in [0.29, 0.717) is 11.1 Å². The van der Waals surface area contributed by atoms with Crippen LogP contribution in [0.1, 0.15) is 0 Å². The van der Waals surface area contributed by atoms with Crippen LogP contribution >= 0.6 is 7.37 Å². The van der Waals surface area contributed by atoms with E-state index in [9.17, 15) is 9.46 Å². The van der Waals surface area contributed by atoms with Crippen molar-refractivity contribution < 1.29 is 60.8 Å². The number of hydrogen-bond acceptors (Lipinski definition) is 3. The van der Waals surface area contributed by atoms with Crippen molar-refractivity contribution in [3.05, 3.63) is 67.1 Å². The Bertz CT molecular complexity index is 762. The third-order valence-electron chi connectivity index (χ3n) is 2.89. The molecule has 1 unspecified atom stereocenters. The van der Waals surface area contributed by atoms with Gasteiger partial charge >= 0.3 is 51.4 Å². The van der Waals surface area contributed by atoms with E-state index in [1.807, 2.05) is 6.07 Å². The molecule has 0 radical (unpaired) electrons. The van der Waals surface area contributed by atoms with Crippen molar-refractivity contribution in [1.82, 2.24) is 14.5 Å². The maximum atomic E-state index is 12.7. The second-order valence-corrected chi connectivity index (χ2v) is 6.27. The van der Waals surface area contributed by atoms with Gasteiger partial charge in [-0.3, -0.25) is 9.13 Å². The molecule has 1 aromatic carbocycles. The normalized spacial score (nSPS) is 13.2. The zero-order valence-electron chi connectivity index (χ0n) is 11.5. The summed E-state index contributed by atoms with van der Waals surface area (Å²) in [6, 6.07) is 13.9. The molecule has 3 aromatic rings. The molecule has 0 amide bonds. The van der Waals surface area contributed by atoms with Crippen LogP contribution in [0.5, 0.6) is 0 Å². The monoisotopic (exact) mass is 324 g/mol. The van der Waals surface area contributed by atoms with E-state index in [1.54, 1.807) is 54.9 Å². The van der Waals surface area contributed by atoms with Crippen molar-refractivity contribution in [2.45, 2.75) is 0 Å². The first-order chi connectivity index (χ1) is 9.69. The van der Waals surface area contributed by atoms with E-state index >= 15 is 0 Å². The fourth-order valence-electron chi connectivity index (χ4n) is 1.94. The molecule has 0 aliphatic carbocycles. The second-order valence-electron chi connectivity index (χ2n) is 4.20. The van der Waals surface area contributed by atoms with Crippen LogP contribution in [0.4, 0.5) is 0 Å². The fourth-order valence-corrected chi connectivity index (χ4v) is 3.43. The largest absolute Gasteiger partial charge is 1.00 e. The van der Waals surface area contributed by atoms with Crippen LogP contribution in [-0.2, 0) is 4.57 Å². The van der Waals surface area contributed by atoms with Crippen LogP contribution in [0.2, 0.25) is 0 Å². The molecular formula is C14H12KN3O2P+. The number of imidazole rings is 1. The minimum atomic E-state index is -3.74. The Hall–Kier alpha value is -0.594. The van der Waals surface area contributed by atoms with E-state index in [1.165, 1.54) is 10.8 Å². The van der Waals surface area contributed by atoms with Crippen LogP contribution in [-0.4, -0.2) is 19.4 Å². The summed E-state index contributed by atoms with van der Waals surface area (Å²) in [6.45, 7) is 0. The van der Waals surface area contributed by atoms with Gasteiger partial charge in [0.25, 0.3) is 7.37 Å². The molecule has 21 heavy (non-hydrogen) atoms. The Labute approximate surface area is 164 Å². The molecule has 0 saturated heterocycles. The summed E-state index contributed by atoms with van der Waals surface area (Å²) in [5.74, 6) is 0.560. The Morgan fingerprint density at radius 2 is 1.67 bits per heavy atom. The number of pyridine rings is 1. The van der Waals surface area contributed by atoms with Crippen molar-refractivity contribution in [2.24, 2.45) is 0 Å². The van der Waals surface area contributed by atoms with E-state index in [2.05, 4.69) is 9.97 Å². The SMILES string of the molecule is O=P(O)(c1ccccc1)c1nccn1-c1ccccn1.[K+]. The van der Waals surface area contributed by atoms with Gasteiger partial charge in [0.15, 0.2) is 0 Å². The molecule has 0 spiro atoms. The molecular weight excluding hydrogens is 312 g/mol. The standard InChI is InChI=1S/C14H12N3O2P.K/c18-20(19,12-6-2-1-3-7-12)14-16-10-11-17(14)13-8-4-5-9-15-13;/h1-11H,(H,18,19);/q;+1. The summed E-state index contributed by atoms with van der Waals surface area (Å²) in [5, 5.41) is 0.350. The summed E-state index contributed by atoms with van der Waals surface area (Å²) >= 11 is 0. The van der Waals surface area contributed by atoms with Gasteiger partial charge in [0, 0.05) is 23.9 Å². The number of nitrogens with zero attached hydrogens (tertiary/aromatic N) is 3. The van der Waals surface area contributed by atoms with E-state index in [0.717, 1.165) is 0 Å². The second kappa shape index (κ2) is 7.11. The fraction of sp³-hybridized carbons (Fsp3) is 0. The van der Waals surface area contributed by atoms with Crippen molar-refractivity contribution in [3.63, 3.8) is 0 Å². The molecule has 7 heteroatoms. The molecule has 0 aliphatic rings. The first-order valence-electron chi connectivity index (χ1n) is 6.03. The van der Waals surface area contributed by atoms with Gasteiger partial charge in [-0.15, -0.1) is 0 Å². The summed E-state index contributed by atoms with van der Waals surface area (Å²) in [7, 11) is -3.74. The molecule has 0 fully saturated rings. The average molecular weight is 324 g/mol. The predicted octanol–water partition coefficient (Wildman–Crippen LogP) is -1.51. The van der Waals surface area contributed by atoms with Gasteiger partial charge in [0.1, 0.15) is 5.82 Å². The molecule has 1 N–H and O–H groups in total. The van der Waals surface area contributed by atoms with Crippen LogP contribution in [0.3, 0.4) is 0 Å². The molecule has 0 bridgehead atoms. The van der Waals surface area contributed by atoms with Gasteiger partial charge in [0.2, 0.25) is 5.57 Å². The third-order valence-corrected chi connectivity index (χ3v) is 4.77. The van der Waals surface area contributed by atoms with Crippen LogP contribution < -0.4 is 62.3 Å². The van der Waals surface area contributed by atoms with Crippen LogP contribution in [0, 0.1) is 0 Å². The topological polar surface area (TPSA) is 68.0 Å². The minimum Gasteiger partial charge on any atom is -0.336 e. The van der Waals surface area contributed by atoms with Gasteiger partial charge < -0.3 is 4.89 Å². The quantitative estimate of drug-likeness (QED) is 0.470. The van der Waals surface area contributed by atoms with E-state index in [-0.39, 0.29) is 57.0 Å². The summed E-state index contributed by atoms with van der Waals surface area (Å²) in [5.41, 5.74) is 0.0994.